The predicted molar refractivity (Wildman–Crippen MR) is 109 cm³/mol. The molecule has 0 radical (unpaired) electrons. The van der Waals surface area contributed by atoms with Crippen LogP contribution in [0.15, 0.2) is 60.8 Å². The number of para-hydroxylation sites is 1. The molecule has 1 aliphatic heterocycles. The van der Waals surface area contributed by atoms with Crippen molar-refractivity contribution in [3.8, 4) is 28.5 Å². The Bertz CT molecular complexity index is 974. The van der Waals surface area contributed by atoms with E-state index in [0.29, 0.717) is 18.2 Å². The van der Waals surface area contributed by atoms with Gasteiger partial charge in [-0.25, -0.2) is 0 Å². The van der Waals surface area contributed by atoms with Gasteiger partial charge in [-0.3, -0.25) is 9.88 Å². The zero-order chi connectivity index (χ0) is 19.5. The Morgan fingerprint density at radius 2 is 1.96 bits per heavy atom. The van der Waals surface area contributed by atoms with Crippen LogP contribution in [-0.2, 0) is 6.54 Å². The number of nitrogens with zero attached hydrogens (tertiary/aromatic N) is 2. The molecule has 4 rings (SSSR count). The number of pyridine rings is 1. The minimum Gasteiger partial charge on any atom is -0.508 e. The van der Waals surface area contributed by atoms with Crippen molar-refractivity contribution in [2.75, 3.05) is 20.2 Å². The number of phenolic OH excluding ortho intramolecular Hbond substituents is 2. The zero-order valence-corrected chi connectivity index (χ0v) is 15.9. The summed E-state index contributed by atoms with van der Waals surface area (Å²) in [7, 11) is 1.57. The minimum absolute atomic E-state index is 0.225. The second-order valence-corrected chi connectivity index (χ2v) is 7.21. The monoisotopic (exact) mass is 376 g/mol. The van der Waals surface area contributed by atoms with Crippen LogP contribution < -0.4 is 4.74 Å². The summed E-state index contributed by atoms with van der Waals surface area (Å²) in [5, 5.41) is 20.1. The van der Waals surface area contributed by atoms with Gasteiger partial charge in [-0.15, -0.1) is 0 Å². The Hall–Kier alpha value is -3.05. The maximum Gasteiger partial charge on any atom is 0.162 e. The van der Waals surface area contributed by atoms with Crippen LogP contribution in [0.4, 0.5) is 0 Å². The summed E-state index contributed by atoms with van der Waals surface area (Å²) < 4.78 is 5.21. The lowest BCUT2D eigenvalue weighted by molar-refractivity contribution is 0.314. The number of benzene rings is 2. The second-order valence-electron chi connectivity index (χ2n) is 7.21. The Morgan fingerprint density at radius 3 is 2.79 bits per heavy atom. The number of likely N-dealkylation sites (tertiary alicyclic amines) is 1. The summed E-state index contributed by atoms with van der Waals surface area (Å²) in [5.74, 6) is 1.41. The highest BCUT2D eigenvalue weighted by atomic mass is 16.5. The van der Waals surface area contributed by atoms with Gasteiger partial charge in [0.2, 0.25) is 0 Å². The van der Waals surface area contributed by atoms with Crippen LogP contribution in [0, 0.1) is 0 Å². The molecule has 1 aliphatic rings. The average Bonchev–Trinajstić information content (AvgIpc) is 3.18. The van der Waals surface area contributed by atoms with Crippen LogP contribution in [-0.4, -0.2) is 40.3 Å². The van der Waals surface area contributed by atoms with Gasteiger partial charge in [0.25, 0.3) is 0 Å². The molecule has 1 aromatic heterocycles. The average molecular weight is 376 g/mol. The summed E-state index contributed by atoms with van der Waals surface area (Å²) in [6.45, 7) is 2.61. The third-order valence-electron chi connectivity index (χ3n) is 5.37. The molecule has 5 nitrogen and oxygen atoms in total. The van der Waals surface area contributed by atoms with Crippen LogP contribution >= 0.6 is 0 Å². The first-order valence-corrected chi connectivity index (χ1v) is 9.46. The van der Waals surface area contributed by atoms with E-state index in [0.717, 1.165) is 36.3 Å². The van der Waals surface area contributed by atoms with Crippen molar-refractivity contribution < 1.29 is 14.9 Å². The first kappa shape index (κ1) is 18.3. The van der Waals surface area contributed by atoms with E-state index in [1.165, 1.54) is 5.56 Å². The van der Waals surface area contributed by atoms with Gasteiger partial charge in [-0.05, 0) is 54.8 Å². The molecule has 2 N–H and O–H groups in total. The summed E-state index contributed by atoms with van der Waals surface area (Å²) >= 11 is 0. The van der Waals surface area contributed by atoms with E-state index in [-0.39, 0.29) is 11.5 Å². The van der Waals surface area contributed by atoms with Gasteiger partial charge in [0, 0.05) is 30.4 Å². The Labute approximate surface area is 164 Å². The Kier molecular flexibility index (Phi) is 5.17. The number of aromatic hydroxyl groups is 2. The van der Waals surface area contributed by atoms with Gasteiger partial charge in [-0.1, -0.05) is 24.3 Å². The molecule has 2 aromatic carbocycles. The van der Waals surface area contributed by atoms with Crippen molar-refractivity contribution in [2.24, 2.45) is 0 Å². The standard InChI is InChI=1S/C23H24N2O3/c1-28-22-7-3-5-19(23(22)27)15-25-11-9-18(14-25)16-8-10-24-21(13-16)17-4-2-6-20(26)12-17/h2-8,10,12-13,18,26-27H,9,11,14-15H2,1H3. The first-order chi connectivity index (χ1) is 13.6. The lowest BCUT2D eigenvalue weighted by Crippen LogP contribution is -2.19. The van der Waals surface area contributed by atoms with Gasteiger partial charge in [0.1, 0.15) is 5.75 Å². The van der Waals surface area contributed by atoms with Gasteiger partial charge in [0.05, 0.1) is 12.8 Å². The summed E-state index contributed by atoms with van der Waals surface area (Å²) in [5.41, 5.74) is 3.93. The largest absolute Gasteiger partial charge is 0.508 e. The first-order valence-electron chi connectivity index (χ1n) is 9.46. The Morgan fingerprint density at radius 1 is 1.11 bits per heavy atom. The number of phenols is 2. The quantitative estimate of drug-likeness (QED) is 0.700. The maximum atomic E-state index is 10.3. The van der Waals surface area contributed by atoms with Crippen LogP contribution in [0.5, 0.6) is 17.2 Å². The molecule has 0 amide bonds. The number of rotatable bonds is 5. The van der Waals surface area contributed by atoms with Crippen molar-refractivity contribution in [1.82, 2.24) is 9.88 Å². The van der Waals surface area contributed by atoms with E-state index in [1.807, 2.05) is 30.5 Å². The van der Waals surface area contributed by atoms with Crippen LogP contribution in [0.25, 0.3) is 11.3 Å². The molecule has 1 unspecified atom stereocenters. The molecule has 1 fully saturated rings. The molecular formula is C23H24N2O3. The van der Waals surface area contributed by atoms with Crippen LogP contribution in [0.1, 0.15) is 23.5 Å². The fourth-order valence-corrected chi connectivity index (χ4v) is 3.87. The molecule has 28 heavy (non-hydrogen) atoms. The number of hydrogen-bond donors (Lipinski definition) is 2. The summed E-state index contributed by atoms with van der Waals surface area (Å²) in [6, 6.07) is 17.0. The highest BCUT2D eigenvalue weighted by Crippen LogP contribution is 2.34. The van der Waals surface area contributed by atoms with E-state index >= 15 is 0 Å². The van der Waals surface area contributed by atoms with E-state index in [2.05, 4.69) is 22.0 Å². The molecule has 0 aliphatic carbocycles. The molecule has 3 aromatic rings. The number of ether oxygens (including phenoxy) is 1. The summed E-state index contributed by atoms with van der Waals surface area (Å²) in [4.78, 5) is 6.82. The fourth-order valence-electron chi connectivity index (χ4n) is 3.87. The molecule has 0 saturated carbocycles. The molecular weight excluding hydrogens is 352 g/mol. The van der Waals surface area contributed by atoms with E-state index in [1.54, 1.807) is 25.3 Å². The zero-order valence-electron chi connectivity index (χ0n) is 15.9. The molecule has 0 spiro atoms. The molecule has 2 heterocycles. The number of hydrogen-bond acceptors (Lipinski definition) is 5. The van der Waals surface area contributed by atoms with Crippen LogP contribution in [0.2, 0.25) is 0 Å². The molecule has 0 bridgehead atoms. The van der Waals surface area contributed by atoms with Crippen molar-refractivity contribution in [2.45, 2.75) is 18.9 Å². The molecule has 144 valence electrons. The fraction of sp³-hybridized carbons (Fsp3) is 0.261. The van der Waals surface area contributed by atoms with E-state index < -0.39 is 0 Å². The third kappa shape index (κ3) is 3.80. The number of methoxy groups -OCH3 is 1. The van der Waals surface area contributed by atoms with E-state index in [9.17, 15) is 10.2 Å². The second kappa shape index (κ2) is 7.90. The molecule has 1 atom stereocenters. The normalized spacial score (nSPS) is 17.0. The topological polar surface area (TPSA) is 65.8 Å². The lowest BCUT2D eigenvalue weighted by Gasteiger charge is -2.18. The van der Waals surface area contributed by atoms with Crippen molar-refractivity contribution in [1.29, 1.82) is 0 Å². The highest BCUT2D eigenvalue weighted by molar-refractivity contribution is 5.61. The van der Waals surface area contributed by atoms with Gasteiger partial charge >= 0.3 is 0 Å². The summed E-state index contributed by atoms with van der Waals surface area (Å²) in [6.07, 6.45) is 2.90. The highest BCUT2D eigenvalue weighted by Gasteiger charge is 2.25. The van der Waals surface area contributed by atoms with Gasteiger partial charge in [0.15, 0.2) is 11.5 Å². The molecule has 5 heteroatoms. The number of aromatic nitrogens is 1. The van der Waals surface area contributed by atoms with Crippen molar-refractivity contribution >= 4 is 0 Å². The smallest absolute Gasteiger partial charge is 0.162 e. The predicted octanol–water partition coefficient (Wildman–Crippen LogP) is 4.16. The van der Waals surface area contributed by atoms with Gasteiger partial charge < -0.3 is 14.9 Å². The van der Waals surface area contributed by atoms with Gasteiger partial charge in [-0.2, -0.15) is 0 Å². The SMILES string of the molecule is COc1cccc(CN2CCC(c3ccnc(-c4cccc(O)c4)c3)C2)c1O. The maximum absolute atomic E-state index is 10.3. The lowest BCUT2D eigenvalue weighted by atomic mass is 9.97. The third-order valence-corrected chi connectivity index (χ3v) is 5.37. The van der Waals surface area contributed by atoms with Crippen LogP contribution in [0.3, 0.4) is 0 Å². The minimum atomic E-state index is 0.225. The molecule has 1 saturated heterocycles. The van der Waals surface area contributed by atoms with E-state index in [4.69, 9.17) is 4.74 Å². The van der Waals surface area contributed by atoms with Crippen molar-refractivity contribution in [3.63, 3.8) is 0 Å². The van der Waals surface area contributed by atoms with Crippen molar-refractivity contribution in [3.05, 3.63) is 71.9 Å². The Balaban J connectivity index is 1.48.